The van der Waals surface area contributed by atoms with E-state index in [4.69, 9.17) is 0 Å². The summed E-state index contributed by atoms with van der Waals surface area (Å²) in [6.07, 6.45) is 3.50. The van der Waals surface area contributed by atoms with Gasteiger partial charge in [0.05, 0.1) is 5.75 Å². The Hall–Kier alpha value is 0.570. The summed E-state index contributed by atoms with van der Waals surface area (Å²) in [5.41, 5.74) is 0. The van der Waals surface area contributed by atoms with E-state index in [2.05, 4.69) is 28.8 Å². The van der Waals surface area contributed by atoms with Crippen LogP contribution >= 0.6 is 23.5 Å². The lowest BCUT2D eigenvalue weighted by molar-refractivity contribution is 0.441. The fourth-order valence-electron chi connectivity index (χ4n) is 2.88. The third kappa shape index (κ3) is 4.29. The van der Waals surface area contributed by atoms with E-state index in [0.29, 0.717) is 12.6 Å². The van der Waals surface area contributed by atoms with Gasteiger partial charge in [0.25, 0.3) is 0 Å². The van der Waals surface area contributed by atoms with Crippen LogP contribution in [0.5, 0.6) is 0 Å². The molecule has 2 rings (SSSR count). The van der Waals surface area contributed by atoms with Crippen molar-refractivity contribution in [2.45, 2.75) is 42.7 Å². The zero-order valence-corrected chi connectivity index (χ0v) is 14.8. The molecule has 1 saturated heterocycles. The van der Waals surface area contributed by atoms with Crippen LogP contribution in [0.4, 0.5) is 0 Å². The Morgan fingerprint density at radius 1 is 1.25 bits per heavy atom. The molecule has 0 spiro atoms. The van der Waals surface area contributed by atoms with Gasteiger partial charge in [0.15, 0.2) is 0 Å². The van der Waals surface area contributed by atoms with Crippen molar-refractivity contribution in [3.8, 4) is 0 Å². The molecule has 0 aromatic carbocycles. The summed E-state index contributed by atoms with van der Waals surface area (Å²) in [5.74, 6) is 2.77. The highest BCUT2D eigenvalue weighted by molar-refractivity contribution is 8.07. The molecule has 3 atom stereocenters. The molecule has 0 radical (unpaired) electrons. The van der Waals surface area contributed by atoms with Gasteiger partial charge >= 0.3 is 0 Å². The van der Waals surface area contributed by atoms with Crippen molar-refractivity contribution >= 4 is 33.5 Å². The minimum Gasteiger partial charge on any atom is -0.313 e. The summed E-state index contributed by atoms with van der Waals surface area (Å²) in [7, 11) is -1.34. The normalized spacial score (nSPS) is 30.6. The van der Waals surface area contributed by atoms with E-state index in [1.54, 1.807) is 14.0 Å². The van der Waals surface area contributed by atoms with Gasteiger partial charge in [-0.05, 0) is 32.7 Å². The van der Waals surface area contributed by atoms with Gasteiger partial charge in [-0.25, -0.2) is 12.7 Å². The molecule has 118 valence electrons. The molecule has 1 aliphatic carbocycles. The van der Waals surface area contributed by atoms with E-state index >= 15 is 0 Å². The Morgan fingerprint density at radius 3 is 2.75 bits per heavy atom. The van der Waals surface area contributed by atoms with Gasteiger partial charge in [-0.3, -0.25) is 0 Å². The highest BCUT2D eigenvalue weighted by Gasteiger charge is 2.38. The Morgan fingerprint density at radius 2 is 2.00 bits per heavy atom. The average molecular weight is 339 g/mol. The standard InChI is InChI=1S/C13H26N2O2S3/c1-3-20(16,17)15(2)8-4-7-14-11-5-6-12-13(11)19-10-9-18-12/h11-14H,3-10H2,1-2H3. The summed E-state index contributed by atoms with van der Waals surface area (Å²) in [6, 6.07) is 0.630. The summed E-state index contributed by atoms with van der Waals surface area (Å²) < 4.78 is 24.8. The van der Waals surface area contributed by atoms with Crippen LogP contribution in [0.1, 0.15) is 26.2 Å². The Labute approximate surface area is 131 Å². The van der Waals surface area contributed by atoms with E-state index in [0.717, 1.165) is 23.5 Å². The van der Waals surface area contributed by atoms with Crippen molar-refractivity contribution in [1.82, 2.24) is 9.62 Å². The second-order valence-electron chi connectivity index (χ2n) is 5.46. The molecule has 0 amide bonds. The fourth-order valence-corrected chi connectivity index (χ4v) is 7.05. The molecule has 0 aromatic rings. The second kappa shape index (κ2) is 7.72. The molecule has 1 heterocycles. The molecule has 2 aliphatic rings. The number of fused-ring (bicyclic) bond motifs is 1. The molecule has 1 aliphatic heterocycles. The Balaban J connectivity index is 1.66. The van der Waals surface area contributed by atoms with Crippen LogP contribution in [-0.4, -0.2) is 66.7 Å². The third-order valence-corrected chi connectivity index (χ3v) is 9.32. The van der Waals surface area contributed by atoms with Crippen molar-refractivity contribution < 1.29 is 8.42 Å². The van der Waals surface area contributed by atoms with E-state index < -0.39 is 10.0 Å². The highest BCUT2D eigenvalue weighted by Crippen LogP contribution is 2.41. The molecule has 4 nitrogen and oxygen atoms in total. The van der Waals surface area contributed by atoms with E-state index in [9.17, 15) is 8.42 Å². The van der Waals surface area contributed by atoms with Crippen molar-refractivity contribution in [1.29, 1.82) is 0 Å². The zero-order valence-electron chi connectivity index (χ0n) is 12.4. The lowest BCUT2D eigenvalue weighted by Crippen LogP contribution is -2.40. The van der Waals surface area contributed by atoms with Gasteiger partial charge in [0, 0.05) is 41.6 Å². The predicted octanol–water partition coefficient (Wildman–Crippen LogP) is 1.63. The first-order valence-electron chi connectivity index (χ1n) is 7.45. The van der Waals surface area contributed by atoms with Crippen LogP contribution in [0, 0.1) is 0 Å². The monoisotopic (exact) mass is 338 g/mol. The fraction of sp³-hybridized carbons (Fsp3) is 1.00. The van der Waals surface area contributed by atoms with Gasteiger partial charge < -0.3 is 5.32 Å². The maximum absolute atomic E-state index is 11.6. The van der Waals surface area contributed by atoms with E-state index in [1.165, 1.54) is 28.7 Å². The molecule has 3 unspecified atom stereocenters. The molecular formula is C13H26N2O2S3. The number of hydrogen-bond donors (Lipinski definition) is 1. The summed E-state index contributed by atoms with van der Waals surface area (Å²) >= 11 is 4.26. The summed E-state index contributed by atoms with van der Waals surface area (Å²) in [4.78, 5) is 0. The quantitative estimate of drug-likeness (QED) is 0.715. The number of nitrogens with zero attached hydrogens (tertiary/aromatic N) is 1. The molecule has 1 N–H and O–H groups in total. The highest BCUT2D eigenvalue weighted by atomic mass is 32.2. The SMILES string of the molecule is CCS(=O)(=O)N(C)CCCNC1CCC2SCCSC12. The first kappa shape index (κ1) is 16.9. The molecule has 7 heteroatoms. The second-order valence-corrected chi connectivity index (χ2v) is 10.5. The van der Waals surface area contributed by atoms with Gasteiger partial charge in [-0.15, -0.1) is 0 Å². The van der Waals surface area contributed by atoms with Crippen LogP contribution in [0.3, 0.4) is 0 Å². The van der Waals surface area contributed by atoms with Gasteiger partial charge in [-0.2, -0.15) is 23.5 Å². The van der Waals surface area contributed by atoms with E-state index in [1.807, 2.05) is 0 Å². The predicted molar refractivity (Wildman–Crippen MR) is 90.2 cm³/mol. The minimum atomic E-state index is -3.02. The van der Waals surface area contributed by atoms with Crippen LogP contribution in [-0.2, 0) is 10.0 Å². The Kier molecular flexibility index (Phi) is 6.53. The van der Waals surface area contributed by atoms with Crippen LogP contribution in [0.15, 0.2) is 0 Å². The number of sulfonamides is 1. The molecule has 0 bridgehead atoms. The minimum absolute atomic E-state index is 0.192. The van der Waals surface area contributed by atoms with Crippen molar-refractivity contribution in [3.63, 3.8) is 0 Å². The first-order valence-corrected chi connectivity index (χ1v) is 11.2. The molecule has 20 heavy (non-hydrogen) atoms. The summed E-state index contributed by atoms with van der Waals surface area (Å²) in [6.45, 7) is 3.23. The lowest BCUT2D eigenvalue weighted by atomic mass is 10.2. The average Bonchev–Trinajstić information content (AvgIpc) is 2.86. The van der Waals surface area contributed by atoms with E-state index in [-0.39, 0.29) is 5.75 Å². The largest absolute Gasteiger partial charge is 0.313 e. The van der Waals surface area contributed by atoms with Crippen LogP contribution < -0.4 is 5.32 Å². The molecule has 1 saturated carbocycles. The molecular weight excluding hydrogens is 312 g/mol. The molecule has 2 fully saturated rings. The van der Waals surface area contributed by atoms with Crippen LogP contribution in [0.2, 0.25) is 0 Å². The number of rotatable bonds is 7. The first-order chi connectivity index (χ1) is 9.54. The Bertz CT molecular complexity index is 402. The third-order valence-electron chi connectivity index (χ3n) is 4.15. The van der Waals surface area contributed by atoms with Crippen molar-refractivity contribution in [3.05, 3.63) is 0 Å². The van der Waals surface area contributed by atoms with Gasteiger partial charge in [0.2, 0.25) is 10.0 Å². The maximum atomic E-state index is 11.6. The topological polar surface area (TPSA) is 49.4 Å². The van der Waals surface area contributed by atoms with Crippen LogP contribution in [0.25, 0.3) is 0 Å². The zero-order chi connectivity index (χ0) is 14.6. The number of hydrogen-bond acceptors (Lipinski definition) is 5. The smallest absolute Gasteiger partial charge is 0.213 e. The number of thioether (sulfide) groups is 2. The summed E-state index contributed by atoms with van der Waals surface area (Å²) in [5, 5.41) is 5.26. The molecule has 0 aromatic heterocycles. The number of nitrogens with one attached hydrogen (secondary N) is 1. The van der Waals surface area contributed by atoms with Gasteiger partial charge in [-0.1, -0.05) is 0 Å². The maximum Gasteiger partial charge on any atom is 0.213 e. The van der Waals surface area contributed by atoms with Crippen molar-refractivity contribution in [2.75, 3.05) is 37.4 Å². The van der Waals surface area contributed by atoms with Crippen molar-refractivity contribution in [2.24, 2.45) is 0 Å². The lowest BCUT2D eigenvalue weighted by Gasteiger charge is -2.29. The van der Waals surface area contributed by atoms with Gasteiger partial charge in [0.1, 0.15) is 0 Å².